The molecule has 0 fully saturated rings. The van der Waals surface area contributed by atoms with E-state index in [1.54, 1.807) is 12.1 Å². The first kappa shape index (κ1) is 11.8. The minimum atomic E-state index is 0.558. The van der Waals surface area contributed by atoms with Crippen LogP contribution in [0.1, 0.15) is 38.2 Å². The highest BCUT2D eigenvalue weighted by atomic mass is 16.5. The third-order valence-corrected chi connectivity index (χ3v) is 2.40. The van der Waals surface area contributed by atoms with Crippen LogP contribution in [0.4, 0.5) is 0 Å². The first-order valence-electron chi connectivity index (χ1n) is 5.49. The second-order valence-corrected chi connectivity index (χ2v) is 3.64. The lowest BCUT2D eigenvalue weighted by molar-refractivity contribution is 0.442. The summed E-state index contributed by atoms with van der Waals surface area (Å²) in [6.07, 6.45) is 6.19. The Morgan fingerprint density at radius 1 is 1.13 bits per heavy atom. The molecule has 0 N–H and O–H groups in total. The van der Waals surface area contributed by atoms with Gasteiger partial charge < -0.3 is 4.74 Å². The summed E-state index contributed by atoms with van der Waals surface area (Å²) in [5, 5.41) is 0. The minimum Gasteiger partial charge on any atom is -0.418 e. The fraction of sp³-hybridized carbons (Fsp3) is 0.462. The normalized spacial score (nSPS) is 9.93. The van der Waals surface area contributed by atoms with Crippen molar-refractivity contribution < 1.29 is 9.53 Å². The molecule has 0 saturated carbocycles. The molecule has 0 aliphatic rings. The van der Waals surface area contributed by atoms with Crippen LogP contribution in [-0.2, 0) is 11.2 Å². The van der Waals surface area contributed by atoms with E-state index in [9.17, 15) is 4.79 Å². The molecule has 0 saturated heterocycles. The lowest BCUT2D eigenvalue weighted by Gasteiger charge is -2.02. The molecule has 0 amide bonds. The molecular formula is C13H17O2. The van der Waals surface area contributed by atoms with Gasteiger partial charge in [-0.15, -0.1) is 0 Å². The fourth-order valence-corrected chi connectivity index (χ4v) is 1.53. The maximum atomic E-state index is 9.96. The van der Waals surface area contributed by atoms with Crippen molar-refractivity contribution in [1.82, 2.24) is 0 Å². The standard InChI is InChI=1S/C13H17O2/c1-2-3-4-5-6-12-7-9-13(10-8-12)15-11-14/h7-10H,2-6H2,1H3. The maximum Gasteiger partial charge on any atom is 0.423 e. The van der Waals surface area contributed by atoms with Gasteiger partial charge in [0, 0.05) is 0 Å². The van der Waals surface area contributed by atoms with Crippen LogP contribution in [0, 0.1) is 0 Å². The third kappa shape index (κ3) is 4.63. The van der Waals surface area contributed by atoms with Crippen molar-refractivity contribution in [3.05, 3.63) is 29.8 Å². The summed E-state index contributed by atoms with van der Waals surface area (Å²) < 4.78 is 4.60. The largest absolute Gasteiger partial charge is 0.423 e. The quantitative estimate of drug-likeness (QED) is 0.639. The van der Waals surface area contributed by atoms with Crippen molar-refractivity contribution >= 4 is 6.47 Å². The van der Waals surface area contributed by atoms with Crippen molar-refractivity contribution in [3.63, 3.8) is 0 Å². The van der Waals surface area contributed by atoms with Gasteiger partial charge in [-0.05, 0) is 30.5 Å². The maximum absolute atomic E-state index is 9.96. The molecule has 0 aliphatic carbocycles. The van der Waals surface area contributed by atoms with Crippen LogP contribution in [0.2, 0.25) is 0 Å². The molecule has 0 atom stereocenters. The Kier molecular flexibility index (Phi) is 5.52. The lowest BCUT2D eigenvalue weighted by atomic mass is 10.1. The molecule has 0 aromatic heterocycles. The molecule has 1 rings (SSSR count). The second-order valence-electron chi connectivity index (χ2n) is 3.64. The van der Waals surface area contributed by atoms with E-state index in [-0.39, 0.29) is 0 Å². The first-order chi connectivity index (χ1) is 7.36. The number of unbranched alkanes of at least 4 members (excludes halogenated alkanes) is 3. The summed E-state index contributed by atoms with van der Waals surface area (Å²) >= 11 is 0. The molecule has 0 aliphatic heterocycles. The zero-order chi connectivity index (χ0) is 10.9. The van der Waals surface area contributed by atoms with E-state index in [1.807, 2.05) is 12.1 Å². The Labute approximate surface area is 91.3 Å². The highest BCUT2D eigenvalue weighted by Crippen LogP contribution is 2.13. The zero-order valence-electron chi connectivity index (χ0n) is 9.16. The third-order valence-electron chi connectivity index (χ3n) is 2.40. The van der Waals surface area contributed by atoms with E-state index >= 15 is 0 Å². The number of carbonyl (C=O) groups excluding carboxylic acids is 1. The Balaban J connectivity index is 2.32. The SMILES string of the molecule is CCCCCCc1ccc(O[C]=O)cc1. The van der Waals surface area contributed by atoms with E-state index in [2.05, 4.69) is 11.7 Å². The van der Waals surface area contributed by atoms with Gasteiger partial charge in [0.2, 0.25) is 0 Å². The summed E-state index contributed by atoms with van der Waals surface area (Å²) in [4.78, 5) is 9.96. The summed E-state index contributed by atoms with van der Waals surface area (Å²) in [7, 11) is 0. The van der Waals surface area contributed by atoms with Crippen molar-refractivity contribution in [3.8, 4) is 5.75 Å². The Hall–Kier alpha value is -1.31. The van der Waals surface area contributed by atoms with Gasteiger partial charge in [0.05, 0.1) is 0 Å². The van der Waals surface area contributed by atoms with E-state index in [0.717, 1.165) is 6.42 Å². The molecular weight excluding hydrogens is 188 g/mol. The van der Waals surface area contributed by atoms with Gasteiger partial charge in [-0.3, -0.25) is 0 Å². The number of hydrogen-bond donors (Lipinski definition) is 0. The number of hydrogen-bond acceptors (Lipinski definition) is 2. The molecule has 0 unspecified atom stereocenters. The molecule has 2 heteroatoms. The van der Waals surface area contributed by atoms with Crippen LogP contribution in [0.15, 0.2) is 24.3 Å². The van der Waals surface area contributed by atoms with Gasteiger partial charge in [0.1, 0.15) is 5.75 Å². The van der Waals surface area contributed by atoms with E-state index < -0.39 is 0 Å². The second kappa shape index (κ2) is 7.04. The van der Waals surface area contributed by atoms with Crippen molar-refractivity contribution in [2.45, 2.75) is 39.0 Å². The molecule has 81 valence electrons. The van der Waals surface area contributed by atoms with Crippen molar-refractivity contribution in [2.24, 2.45) is 0 Å². The number of rotatable bonds is 7. The fourth-order valence-electron chi connectivity index (χ4n) is 1.53. The van der Waals surface area contributed by atoms with Crippen LogP contribution in [0.25, 0.3) is 0 Å². The predicted molar refractivity (Wildman–Crippen MR) is 60.6 cm³/mol. The average molecular weight is 205 g/mol. The van der Waals surface area contributed by atoms with E-state index in [1.165, 1.54) is 37.7 Å². The number of benzene rings is 1. The lowest BCUT2D eigenvalue weighted by Crippen LogP contribution is -1.89. The van der Waals surface area contributed by atoms with Crippen LogP contribution in [0.5, 0.6) is 5.75 Å². The van der Waals surface area contributed by atoms with Crippen LogP contribution >= 0.6 is 0 Å². The topological polar surface area (TPSA) is 26.3 Å². The summed E-state index contributed by atoms with van der Waals surface area (Å²) in [5.41, 5.74) is 1.30. The van der Waals surface area contributed by atoms with Gasteiger partial charge in [-0.2, -0.15) is 0 Å². The predicted octanol–water partition coefficient (Wildman–Crippen LogP) is 3.26. The van der Waals surface area contributed by atoms with Gasteiger partial charge in [-0.1, -0.05) is 38.3 Å². The monoisotopic (exact) mass is 205 g/mol. The Morgan fingerprint density at radius 3 is 2.47 bits per heavy atom. The molecule has 0 bridgehead atoms. The molecule has 1 aromatic carbocycles. The summed E-state index contributed by atoms with van der Waals surface area (Å²) in [6.45, 7) is 3.62. The van der Waals surface area contributed by atoms with Gasteiger partial charge in [0.15, 0.2) is 0 Å². The molecule has 1 aromatic rings. The summed E-state index contributed by atoms with van der Waals surface area (Å²) in [5.74, 6) is 0.558. The Morgan fingerprint density at radius 2 is 1.87 bits per heavy atom. The van der Waals surface area contributed by atoms with Crippen LogP contribution < -0.4 is 4.74 Å². The molecule has 0 spiro atoms. The first-order valence-corrected chi connectivity index (χ1v) is 5.49. The van der Waals surface area contributed by atoms with Gasteiger partial charge in [-0.25, -0.2) is 4.79 Å². The molecule has 1 radical (unpaired) electrons. The summed E-state index contributed by atoms with van der Waals surface area (Å²) in [6, 6.07) is 7.61. The number of aryl methyl sites for hydroxylation is 1. The Bertz CT molecular complexity index is 277. The molecule has 0 heterocycles. The van der Waals surface area contributed by atoms with Crippen molar-refractivity contribution in [1.29, 1.82) is 0 Å². The highest BCUT2D eigenvalue weighted by Gasteiger charge is 1.95. The van der Waals surface area contributed by atoms with E-state index in [4.69, 9.17) is 0 Å². The van der Waals surface area contributed by atoms with Crippen molar-refractivity contribution in [2.75, 3.05) is 0 Å². The van der Waals surface area contributed by atoms with Crippen LogP contribution in [-0.4, -0.2) is 6.47 Å². The number of ether oxygens (including phenoxy) is 1. The zero-order valence-corrected chi connectivity index (χ0v) is 9.16. The molecule has 15 heavy (non-hydrogen) atoms. The van der Waals surface area contributed by atoms with Crippen LogP contribution in [0.3, 0.4) is 0 Å². The van der Waals surface area contributed by atoms with Gasteiger partial charge in [0.25, 0.3) is 0 Å². The highest BCUT2D eigenvalue weighted by molar-refractivity contribution is 5.46. The average Bonchev–Trinajstić information content (AvgIpc) is 2.27. The van der Waals surface area contributed by atoms with E-state index in [0.29, 0.717) is 5.75 Å². The van der Waals surface area contributed by atoms with Gasteiger partial charge >= 0.3 is 6.47 Å². The smallest absolute Gasteiger partial charge is 0.418 e. The molecule has 2 nitrogen and oxygen atoms in total. The minimum absolute atomic E-state index is 0.558.